The number of hydrogen-bond donors (Lipinski definition) is 0. The molecule has 5 rings (SSSR count). The van der Waals surface area contributed by atoms with Crippen LogP contribution in [0, 0.1) is 5.92 Å². The SMILES string of the molecule is COc1ncc(-c2ccnc3ccc(OC4CCN(C(=O)C5CCN(C(C)=O)C5)C4)cc23)cc1C(F)F. The number of methoxy groups -OCH3 is 1. The Bertz CT molecular complexity index is 1340. The highest BCUT2D eigenvalue weighted by molar-refractivity contribution is 5.95. The molecular weight excluding hydrogens is 482 g/mol. The van der Waals surface area contributed by atoms with Crippen LogP contribution in [0.25, 0.3) is 22.0 Å². The molecule has 2 unspecified atom stereocenters. The first-order chi connectivity index (χ1) is 17.8. The Labute approximate surface area is 213 Å². The van der Waals surface area contributed by atoms with E-state index in [1.807, 2.05) is 23.1 Å². The van der Waals surface area contributed by atoms with E-state index in [9.17, 15) is 18.4 Å². The van der Waals surface area contributed by atoms with E-state index in [0.717, 1.165) is 5.39 Å². The van der Waals surface area contributed by atoms with Crippen molar-refractivity contribution in [3.8, 4) is 22.8 Å². The van der Waals surface area contributed by atoms with Crippen LogP contribution in [-0.4, -0.2) is 71.0 Å². The number of halogens is 2. The van der Waals surface area contributed by atoms with Crippen molar-refractivity contribution in [1.29, 1.82) is 0 Å². The van der Waals surface area contributed by atoms with Gasteiger partial charge in [-0.25, -0.2) is 13.8 Å². The zero-order valence-corrected chi connectivity index (χ0v) is 20.7. The molecule has 4 heterocycles. The molecule has 0 radical (unpaired) electrons. The molecule has 2 fully saturated rings. The lowest BCUT2D eigenvalue weighted by atomic mass is 10.0. The highest BCUT2D eigenvalue weighted by atomic mass is 19.3. The normalized spacial score (nSPS) is 19.6. The molecule has 37 heavy (non-hydrogen) atoms. The van der Waals surface area contributed by atoms with E-state index < -0.39 is 6.43 Å². The van der Waals surface area contributed by atoms with Crippen molar-refractivity contribution in [2.24, 2.45) is 5.92 Å². The van der Waals surface area contributed by atoms with Gasteiger partial charge in [-0.05, 0) is 42.3 Å². The third kappa shape index (κ3) is 5.05. The number of amides is 2. The van der Waals surface area contributed by atoms with E-state index in [1.54, 1.807) is 17.2 Å². The Morgan fingerprint density at radius 3 is 2.59 bits per heavy atom. The quantitative estimate of drug-likeness (QED) is 0.497. The first-order valence-corrected chi connectivity index (χ1v) is 12.3. The van der Waals surface area contributed by atoms with E-state index in [0.29, 0.717) is 61.4 Å². The lowest BCUT2D eigenvalue weighted by Crippen LogP contribution is -2.37. The third-order valence-corrected chi connectivity index (χ3v) is 7.07. The summed E-state index contributed by atoms with van der Waals surface area (Å²) >= 11 is 0. The molecule has 0 bridgehead atoms. The molecule has 2 saturated heterocycles. The van der Waals surface area contributed by atoms with Gasteiger partial charge in [0, 0.05) is 56.3 Å². The molecule has 2 amide bonds. The summed E-state index contributed by atoms with van der Waals surface area (Å²) < 4.78 is 38.3. The molecule has 2 aromatic heterocycles. The second-order valence-electron chi connectivity index (χ2n) is 9.42. The summed E-state index contributed by atoms with van der Waals surface area (Å²) in [4.78, 5) is 36.6. The largest absolute Gasteiger partial charge is 0.488 e. The monoisotopic (exact) mass is 510 g/mol. The van der Waals surface area contributed by atoms with Crippen LogP contribution in [0.5, 0.6) is 11.6 Å². The van der Waals surface area contributed by atoms with Crippen molar-refractivity contribution in [3.05, 3.63) is 48.3 Å². The zero-order chi connectivity index (χ0) is 26.1. The van der Waals surface area contributed by atoms with Crippen molar-refractivity contribution in [3.63, 3.8) is 0 Å². The Balaban J connectivity index is 1.33. The Kier molecular flexibility index (Phi) is 6.90. The van der Waals surface area contributed by atoms with E-state index in [2.05, 4.69) is 9.97 Å². The molecule has 0 N–H and O–H groups in total. The third-order valence-electron chi connectivity index (χ3n) is 7.07. The number of hydrogen-bond acceptors (Lipinski definition) is 6. The van der Waals surface area contributed by atoms with Gasteiger partial charge in [-0.2, -0.15) is 0 Å². The van der Waals surface area contributed by atoms with Crippen LogP contribution < -0.4 is 9.47 Å². The van der Waals surface area contributed by atoms with E-state index >= 15 is 0 Å². The summed E-state index contributed by atoms with van der Waals surface area (Å²) in [5.41, 5.74) is 1.64. The van der Waals surface area contributed by atoms with Gasteiger partial charge in [0.25, 0.3) is 6.43 Å². The molecular formula is C27H28F2N4O4. The Hall–Kier alpha value is -3.82. The van der Waals surface area contributed by atoms with E-state index in [4.69, 9.17) is 9.47 Å². The lowest BCUT2D eigenvalue weighted by Gasteiger charge is -2.21. The number of ether oxygens (including phenoxy) is 2. The van der Waals surface area contributed by atoms with Crippen molar-refractivity contribution < 1.29 is 27.8 Å². The number of alkyl halides is 2. The van der Waals surface area contributed by atoms with Gasteiger partial charge in [0.2, 0.25) is 17.7 Å². The average molecular weight is 511 g/mol. The number of carbonyl (C=O) groups is 2. The molecule has 194 valence electrons. The fraction of sp³-hybridized carbons (Fsp3) is 0.407. The first kappa shape index (κ1) is 24.9. The summed E-state index contributed by atoms with van der Waals surface area (Å²) in [7, 11) is 1.31. The highest BCUT2D eigenvalue weighted by Crippen LogP contribution is 2.35. The van der Waals surface area contributed by atoms with Gasteiger partial charge < -0.3 is 19.3 Å². The minimum absolute atomic E-state index is 0.000976. The molecule has 2 atom stereocenters. The number of fused-ring (bicyclic) bond motifs is 1. The number of carbonyl (C=O) groups excluding carboxylic acids is 2. The van der Waals surface area contributed by atoms with E-state index in [-0.39, 0.29) is 35.3 Å². The van der Waals surface area contributed by atoms with Crippen molar-refractivity contribution in [2.75, 3.05) is 33.3 Å². The maximum atomic E-state index is 13.6. The number of pyridine rings is 2. The van der Waals surface area contributed by atoms with Gasteiger partial charge in [-0.1, -0.05) is 0 Å². The average Bonchev–Trinajstić information content (AvgIpc) is 3.58. The van der Waals surface area contributed by atoms with Crippen LogP contribution in [0.2, 0.25) is 0 Å². The standard InChI is InChI=1S/C27H28F2N4O4/c1-16(34)32-9-6-17(14-32)27(35)33-10-7-20(15-33)37-19-3-4-24-22(12-19)21(5-8-30-24)18-11-23(25(28)29)26(36-2)31-13-18/h3-5,8,11-13,17,20,25H,6-7,9-10,14-15H2,1-2H3. The van der Waals surface area contributed by atoms with Crippen LogP contribution >= 0.6 is 0 Å². The molecule has 2 aliphatic heterocycles. The summed E-state index contributed by atoms with van der Waals surface area (Å²) in [6, 6.07) is 8.63. The number of benzene rings is 1. The molecule has 0 spiro atoms. The molecule has 0 aliphatic carbocycles. The maximum Gasteiger partial charge on any atom is 0.269 e. The highest BCUT2D eigenvalue weighted by Gasteiger charge is 2.36. The molecule has 3 aromatic rings. The first-order valence-electron chi connectivity index (χ1n) is 12.3. The Morgan fingerprint density at radius 1 is 1.05 bits per heavy atom. The number of rotatable bonds is 6. The number of likely N-dealkylation sites (tertiary alicyclic amines) is 2. The summed E-state index contributed by atoms with van der Waals surface area (Å²) in [6.07, 6.45) is 1.63. The van der Waals surface area contributed by atoms with Gasteiger partial charge in [0.05, 0.1) is 30.7 Å². The van der Waals surface area contributed by atoms with Crippen molar-refractivity contribution in [2.45, 2.75) is 32.3 Å². The summed E-state index contributed by atoms with van der Waals surface area (Å²) in [5.74, 6) is 0.419. The van der Waals surface area contributed by atoms with Crippen LogP contribution in [0.1, 0.15) is 31.8 Å². The number of aromatic nitrogens is 2. The second kappa shape index (κ2) is 10.3. The summed E-state index contributed by atoms with van der Waals surface area (Å²) in [5, 5.41) is 0.744. The fourth-order valence-corrected chi connectivity index (χ4v) is 5.12. The van der Waals surface area contributed by atoms with Crippen LogP contribution in [0.4, 0.5) is 8.78 Å². The van der Waals surface area contributed by atoms with Gasteiger partial charge >= 0.3 is 0 Å². The predicted octanol–water partition coefficient (Wildman–Crippen LogP) is 4.09. The molecule has 0 saturated carbocycles. The van der Waals surface area contributed by atoms with Gasteiger partial charge in [0.1, 0.15) is 11.9 Å². The minimum Gasteiger partial charge on any atom is -0.488 e. The van der Waals surface area contributed by atoms with Crippen LogP contribution in [-0.2, 0) is 9.59 Å². The van der Waals surface area contributed by atoms with Gasteiger partial charge in [-0.15, -0.1) is 0 Å². The van der Waals surface area contributed by atoms with E-state index in [1.165, 1.54) is 26.3 Å². The molecule has 1 aromatic carbocycles. The lowest BCUT2D eigenvalue weighted by molar-refractivity contribution is -0.134. The van der Waals surface area contributed by atoms with Crippen LogP contribution in [0.15, 0.2) is 42.7 Å². The molecule has 2 aliphatic rings. The number of nitrogens with zero attached hydrogens (tertiary/aromatic N) is 4. The molecule has 10 heteroatoms. The Morgan fingerprint density at radius 2 is 1.86 bits per heavy atom. The zero-order valence-electron chi connectivity index (χ0n) is 20.7. The second-order valence-corrected chi connectivity index (χ2v) is 9.42. The topological polar surface area (TPSA) is 84.9 Å². The van der Waals surface area contributed by atoms with Crippen LogP contribution in [0.3, 0.4) is 0 Å². The predicted molar refractivity (Wildman–Crippen MR) is 132 cm³/mol. The van der Waals surface area contributed by atoms with Gasteiger partial charge in [-0.3, -0.25) is 14.6 Å². The van der Waals surface area contributed by atoms with Crippen molar-refractivity contribution in [1.82, 2.24) is 19.8 Å². The van der Waals surface area contributed by atoms with Crippen molar-refractivity contribution >= 4 is 22.7 Å². The minimum atomic E-state index is -2.72. The molecule has 8 nitrogen and oxygen atoms in total. The fourth-order valence-electron chi connectivity index (χ4n) is 5.12. The smallest absolute Gasteiger partial charge is 0.269 e. The van der Waals surface area contributed by atoms with Gasteiger partial charge in [0.15, 0.2) is 0 Å². The maximum absolute atomic E-state index is 13.6. The summed E-state index contributed by atoms with van der Waals surface area (Å²) in [6.45, 7) is 3.71.